The number of nitrogens with one attached hydrogen (secondary N) is 1. The molecule has 0 unspecified atom stereocenters. The standard InChI is InChI=1S/C7H5NO2S/c8-7-10-5-2-1-4(9)3-6(5)11-7/h1-3,8-9H. The lowest BCUT2D eigenvalue weighted by molar-refractivity contribution is 0.475. The average Bonchev–Trinajstić information content (AvgIpc) is 2.27. The molecular weight excluding hydrogens is 162 g/mol. The Hall–Kier alpha value is -1.29. The second-order valence-electron chi connectivity index (χ2n) is 2.12. The highest BCUT2D eigenvalue weighted by atomic mass is 32.1. The van der Waals surface area contributed by atoms with Crippen molar-refractivity contribution in [3.63, 3.8) is 0 Å². The van der Waals surface area contributed by atoms with Gasteiger partial charge in [-0.3, -0.25) is 5.41 Å². The highest BCUT2D eigenvalue weighted by Crippen LogP contribution is 2.21. The summed E-state index contributed by atoms with van der Waals surface area (Å²) < 4.78 is 5.80. The first-order valence-electron chi connectivity index (χ1n) is 3.03. The molecule has 0 spiro atoms. The zero-order valence-electron chi connectivity index (χ0n) is 5.50. The molecule has 0 aliphatic carbocycles. The third-order valence-electron chi connectivity index (χ3n) is 1.33. The summed E-state index contributed by atoms with van der Waals surface area (Å²) in [5.41, 5.74) is 0.651. The molecule has 2 aromatic rings. The molecule has 0 fully saturated rings. The minimum absolute atomic E-state index is 0.158. The fraction of sp³-hybridized carbons (Fsp3) is 0. The van der Waals surface area contributed by atoms with Crippen LogP contribution in [0.2, 0.25) is 0 Å². The predicted octanol–water partition coefficient (Wildman–Crippen LogP) is 1.68. The molecule has 0 bridgehead atoms. The second-order valence-corrected chi connectivity index (χ2v) is 3.14. The number of fused-ring (bicyclic) bond motifs is 1. The van der Waals surface area contributed by atoms with E-state index in [-0.39, 0.29) is 10.6 Å². The quantitative estimate of drug-likeness (QED) is 0.627. The lowest BCUT2D eigenvalue weighted by atomic mass is 10.3. The van der Waals surface area contributed by atoms with Crippen molar-refractivity contribution in [2.75, 3.05) is 0 Å². The van der Waals surface area contributed by atoms with Gasteiger partial charge in [-0.2, -0.15) is 0 Å². The summed E-state index contributed by atoms with van der Waals surface area (Å²) in [5, 5.41) is 16.2. The van der Waals surface area contributed by atoms with Crippen LogP contribution in [-0.2, 0) is 0 Å². The molecule has 56 valence electrons. The summed E-state index contributed by atoms with van der Waals surface area (Å²) in [5.74, 6) is 0.203. The lowest BCUT2D eigenvalue weighted by Crippen LogP contribution is -1.79. The number of aromatic hydroxyl groups is 1. The molecular formula is C7H5NO2S. The first kappa shape index (κ1) is 6.42. The van der Waals surface area contributed by atoms with Gasteiger partial charge in [0.25, 0.3) is 4.87 Å². The van der Waals surface area contributed by atoms with E-state index in [1.165, 1.54) is 17.4 Å². The van der Waals surface area contributed by atoms with E-state index >= 15 is 0 Å². The molecule has 0 aliphatic rings. The molecule has 1 aromatic heterocycles. The molecule has 0 radical (unpaired) electrons. The number of rotatable bonds is 0. The van der Waals surface area contributed by atoms with Crippen molar-refractivity contribution < 1.29 is 9.52 Å². The van der Waals surface area contributed by atoms with Crippen LogP contribution < -0.4 is 4.87 Å². The van der Waals surface area contributed by atoms with Crippen molar-refractivity contribution in [2.24, 2.45) is 0 Å². The van der Waals surface area contributed by atoms with Crippen LogP contribution in [0.1, 0.15) is 0 Å². The van der Waals surface area contributed by atoms with Gasteiger partial charge in [0.05, 0.1) is 4.70 Å². The Kier molecular flexibility index (Phi) is 1.22. The Labute approximate surface area is 66.0 Å². The molecule has 0 atom stereocenters. The summed E-state index contributed by atoms with van der Waals surface area (Å²) in [6.45, 7) is 0. The zero-order valence-corrected chi connectivity index (χ0v) is 6.31. The highest BCUT2D eigenvalue weighted by Gasteiger charge is 1.99. The third-order valence-corrected chi connectivity index (χ3v) is 2.14. The number of hydrogen-bond donors (Lipinski definition) is 2. The minimum Gasteiger partial charge on any atom is -0.508 e. The first-order chi connectivity index (χ1) is 5.25. The Morgan fingerprint density at radius 3 is 3.09 bits per heavy atom. The normalized spacial score (nSPS) is 10.5. The third kappa shape index (κ3) is 1.01. The van der Waals surface area contributed by atoms with E-state index in [1.54, 1.807) is 12.1 Å². The molecule has 2 rings (SSSR count). The highest BCUT2D eigenvalue weighted by molar-refractivity contribution is 7.16. The van der Waals surface area contributed by atoms with Gasteiger partial charge in [-0.05, 0) is 12.1 Å². The van der Waals surface area contributed by atoms with Crippen molar-refractivity contribution in [3.8, 4) is 5.75 Å². The number of phenols is 1. The van der Waals surface area contributed by atoms with Crippen LogP contribution in [0.3, 0.4) is 0 Å². The molecule has 3 nitrogen and oxygen atoms in total. The summed E-state index contributed by atoms with van der Waals surface area (Å²) in [4.78, 5) is 0.158. The van der Waals surface area contributed by atoms with E-state index in [4.69, 9.17) is 14.9 Å². The van der Waals surface area contributed by atoms with E-state index < -0.39 is 0 Å². The molecule has 1 aromatic carbocycles. The van der Waals surface area contributed by atoms with Crippen LogP contribution in [0, 0.1) is 5.41 Å². The number of phenolic OH excluding ortho intramolecular Hbond substituents is 1. The van der Waals surface area contributed by atoms with Crippen molar-refractivity contribution in [1.82, 2.24) is 0 Å². The van der Waals surface area contributed by atoms with Gasteiger partial charge in [-0.1, -0.05) is 11.3 Å². The molecule has 1 heterocycles. The van der Waals surface area contributed by atoms with Crippen molar-refractivity contribution in [1.29, 1.82) is 5.41 Å². The topological polar surface area (TPSA) is 57.2 Å². The van der Waals surface area contributed by atoms with E-state index in [9.17, 15) is 0 Å². The van der Waals surface area contributed by atoms with Gasteiger partial charge in [-0.15, -0.1) is 0 Å². The SMILES string of the molecule is N=c1oc2ccc(O)cc2s1. The molecule has 0 saturated heterocycles. The average molecular weight is 167 g/mol. The maximum atomic E-state index is 9.04. The molecule has 2 N–H and O–H groups in total. The summed E-state index contributed by atoms with van der Waals surface area (Å²) >= 11 is 1.21. The number of hydrogen-bond acceptors (Lipinski definition) is 4. The fourth-order valence-corrected chi connectivity index (χ4v) is 1.60. The van der Waals surface area contributed by atoms with Crippen molar-refractivity contribution in [2.45, 2.75) is 0 Å². The van der Waals surface area contributed by atoms with Gasteiger partial charge in [0.15, 0.2) is 0 Å². The molecule has 0 saturated carbocycles. The molecule has 0 aliphatic heterocycles. The van der Waals surface area contributed by atoms with Crippen LogP contribution in [0.25, 0.3) is 10.3 Å². The molecule has 4 heteroatoms. The lowest BCUT2D eigenvalue weighted by Gasteiger charge is -1.87. The van der Waals surface area contributed by atoms with Crippen molar-refractivity contribution in [3.05, 3.63) is 23.1 Å². The van der Waals surface area contributed by atoms with Gasteiger partial charge < -0.3 is 9.52 Å². The van der Waals surface area contributed by atoms with Gasteiger partial charge in [0, 0.05) is 6.07 Å². The molecule has 11 heavy (non-hydrogen) atoms. The minimum atomic E-state index is 0.158. The Morgan fingerprint density at radius 2 is 2.27 bits per heavy atom. The van der Waals surface area contributed by atoms with E-state index in [1.807, 2.05) is 0 Å². The van der Waals surface area contributed by atoms with Crippen LogP contribution in [0.15, 0.2) is 22.6 Å². The Morgan fingerprint density at radius 1 is 1.45 bits per heavy atom. The Bertz CT molecular complexity index is 443. The maximum absolute atomic E-state index is 9.04. The molecule has 0 amide bonds. The summed E-state index contributed by atoms with van der Waals surface area (Å²) in [7, 11) is 0. The van der Waals surface area contributed by atoms with Gasteiger partial charge in [0.2, 0.25) is 0 Å². The summed E-state index contributed by atoms with van der Waals surface area (Å²) in [6, 6.07) is 4.78. The predicted molar refractivity (Wildman–Crippen MR) is 41.6 cm³/mol. The Balaban J connectivity index is 2.92. The fourth-order valence-electron chi connectivity index (χ4n) is 0.881. The van der Waals surface area contributed by atoms with E-state index in [2.05, 4.69) is 0 Å². The number of benzene rings is 1. The zero-order chi connectivity index (χ0) is 7.84. The van der Waals surface area contributed by atoms with Gasteiger partial charge in [0.1, 0.15) is 11.3 Å². The maximum Gasteiger partial charge on any atom is 0.271 e. The van der Waals surface area contributed by atoms with E-state index in [0.29, 0.717) is 5.58 Å². The van der Waals surface area contributed by atoms with Crippen LogP contribution in [0.4, 0.5) is 0 Å². The smallest absolute Gasteiger partial charge is 0.271 e. The van der Waals surface area contributed by atoms with Crippen molar-refractivity contribution >= 4 is 21.6 Å². The van der Waals surface area contributed by atoms with Gasteiger partial charge in [-0.25, -0.2) is 0 Å². The van der Waals surface area contributed by atoms with E-state index in [0.717, 1.165) is 4.70 Å². The van der Waals surface area contributed by atoms with Gasteiger partial charge >= 0.3 is 0 Å². The largest absolute Gasteiger partial charge is 0.508 e. The second kappa shape index (κ2) is 2.10. The van der Waals surface area contributed by atoms with Crippen LogP contribution in [-0.4, -0.2) is 5.11 Å². The van der Waals surface area contributed by atoms with Crippen LogP contribution >= 0.6 is 11.3 Å². The van der Waals surface area contributed by atoms with Crippen LogP contribution in [0.5, 0.6) is 5.75 Å². The monoisotopic (exact) mass is 167 g/mol. The summed E-state index contributed by atoms with van der Waals surface area (Å²) in [6.07, 6.45) is 0. The first-order valence-corrected chi connectivity index (χ1v) is 3.84.